The number of aromatic nitrogens is 3. The number of hydrogen-bond acceptors (Lipinski definition) is 3. The summed E-state index contributed by atoms with van der Waals surface area (Å²) in [6, 6.07) is 6.56. The van der Waals surface area contributed by atoms with Crippen LogP contribution in [-0.4, -0.2) is 14.5 Å². The molecule has 2 aromatic heterocycles. The molecule has 3 rings (SSSR count). The molecule has 21 heavy (non-hydrogen) atoms. The summed E-state index contributed by atoms with van der Waals surface area (Å²) in [5, 5.41) is 0. The average molecular weight is 284 g/mol. The molecular formula is C16H17FN4. The molecule has 0 aliphatic rings. The van der Waals surface area contributed by atoms with Gasteiger partial charge in [-0.15, -0.1) is 0 Å². The highest BCUT2D eigenvalue weighted by Gasteiger charge is 2.25. The monoisotopic (exact) mass is 284 g/mol. The maximum absolute atomic E-state index is 14.3. The lowest BCUT2D eigenvalue weighted by Crippen LogP contribution is -2.23. The zero-order valence-corrected chi connectivity index (χ0v) is 12.3. The molecule has 0 amide bonds. The molecule has 0 fully saturated rings. The van der Waals surface area contributed by atoms with Crippen molar-refractivity contribution in [1.82, 2.24) is 14.5 Å². The second-order valence-electron chi connectivity index (χ2n) is 6.01. The van der Waals surface area contributed by atoms with E-state index < -0.39 is 0 Å². The van der Waals surface area contributed by atoms with Gasteiger partial charge in [0.25, 0.3) is 0 Å². The average Bonchev–Trinajstić information content (AvgIpc) is 2.77. The highest BCUT2D eigenvalue weighted by molar-refractivity contribution is 5.83. The fourth-order valence-electron chi connectivity index (χ4n) is 2.56. The van der Waals surface area contributed by atoms with Gasteiger partial charge in [0.2, 0.25) is 0 Å². The number of nitrogens with zero attached hydrogens (tertiary/aromatic N) is 3. The second kappa shape index (κ2) is 4.55. The molecule has 0 saturated heterocycles. The van der Waals surface area contributed by atoms with Gasteiger partial charge in [-0.2, -0.15) is 0 Å². The van der Waals surface area contributed by atoms with E-state index >= 15 is 0 Å². The van der Waals surface area contributed by atoms with Crippen molar-refractivity contribution in [2.45, 2.75) is 26.3 Å². The number of rotatable bonds is 1. The van der Waals surface area contributed by atoms with Gasteiger partial charge < -0.3 is 10.3 Å². The Hall–Kier alpha value is -2.43. The Morgan fingerprint density at radius 3 is 2.62 bits per heavy atom. The quantitative estimate of drug-likeness (QED) is 0.695. The molecule has 0 radical (unpaired) electrons. The Labute approximate surface area is 122 Å². The highest BCUT2D eigenvalue weighted by Crippen LogP contribution is 2.34. The van der Waals surface area contributed by atoms with Crippen LogP contribution in [0.5, 0.6) is 0 Å². The first-order chi connectivity index (χ1) is 9.89. The van der Waals surface area contributed by atoms with Gasteiger partial charge in [0.05, 0.1) is 17.3 Å². The zero-order valence-electron chi connectivity index (χ0n) is 12.3. The maximum atomic E-state index is 14.3. The van der Waals surface area contributed by atoms with E-state index in [9.17, 15) is 4.39 Å². The fourth-order valence-corrected chi connectivity index (χ4v) is 2.56. The van der Waals surface area contributed by atoms with Crippen molar-refractivity contribution in [3.8, 4) is 11.4 Å². The minimum Gasteiger partial charge on any atom is -0.398 e. The number of pyridine rings is 1. The third-order valence-corrected chi connectivity index (χ3v) is 3.40. The van der Waals surface area contributed by atoms with Gasteiger partial charge in [-0.1, -0.05) is 6.07 Å². The highest BCUT2D eigenvalue weighted by atomic mass is 19.1. The van der Waals surface area contributed by atoms with Gasteiger partial charge >= 0.3 is 0 Å². The van der Waals surface area contributed by atoms with Crippen LogP contribution in [0.15, 0.2) is 36.7 Å². The molecular weight excluding hydrogens is 267 g/mol. The van der Waals surface area contributed by atoms with Crippen LogP contribution >= 0.6 is 0 Å². The molecule has 0 atom stereocenters. The van der Waals surface area contributed by atoms with E-state index in [1.807, 2.05) is 10.6 Å². The van der Waals surface area contributed by atoms with E-state index in [4.69, 9.17) is 5.73 Å². The summed E-state index contributed by atoms with van der Waals surface area (Å²) in [6.45, 7) is 6.15. The summed E-state index contributed by atoms with van der Waals surface area (Å²) in [4.78, 5) is 8.64. The summed E-state index contributed by atoms with van der Waals surface area (Å²) < 4.78 is 16.3. The third-order valence-electron chi connectivity index (χ3n) is 3.40. The molecule has 1 aromatic carbocycles. The number of hydrogen-bond donors (Lipinski definition) is 1. The van der Waals surface area contributed by atoms with Gasteiger partial charge in [-0.25, -0.2) is 9.37 Å². The normalized spacial score (nSPS) is 12.0. The fraction of sp³-hybridized carbons (Fsp3) is 0.250. The standard InChI is InChI=1S/C16H17FN4/c1-16(2,3)21-13-7-8-19-9-12(13)20-15(21)14-10(17)5-4-6-11(14)18/h4-9H,18H2,1-3H3. The molecule has 5 heteroatoms. The van der Waals surface area contributed by atoms with Crippen LogP contribution in [0.2, 0.25) is 0 Å². The summed E-state index contributed by atoms with van der Waals surface area (Å²) in [5.41, 5.74) is 8.07. The van der Waals surface area contributed by atoms with E-state index in [-0.39, 0.29) is 11.4 Å². The van der Waals surface area contributed by atoms with Crippen molar-refractivity contribution >= 4 is 16.7 Å². The Kier molecular flexibility index (Phi) is 2.93. The van der Waals surface area contributed by atoms with E-state index in [0.29, 0.717) is 17.1 Å². The van der Waals surface area contributed by atoms with Crippen molar-refractivity contribution < 1.29 is 4.39 Å². The molecule has 0 spiro atoms. The van der Waals surface area contributed by atoms with Gasteiger partial charge in [0.15, 0.2) is 0 Å². The van der Waals surface area contributed by atoms with Crippen LogP contribution < -0.4 is 5.73 Å². The smallest absolute Gasteiger partial charge is 0.146 e. The Bertz CT molecular complexity index is 794. The molecule has 0 aliphatic heterocycles. The molecule has 0 bridgehead atoms. The number of benzene rings is 1. The first-order valence-electron chi connectivity index (χ1n) is 6.77. The van der Waals surface area contributed by atoms with Gasteiger partial charge in [0.1, 0.15) is 17.2 Å². The number of fused-ring (bicyclic) bond motifs is 1. The Morgan fingerprint density at radius 2 is 1.95 bits per heavy atom. The van der Waals surface area contributed by atoms with Gasteiger partial charge in [-0.3, -0.25) is 4.98 Å². The first-order valence-corrected chi connectivity index (χ1v) is 6.77. The van der Waals surface area contributed by atoms with Crippen molar-refractivity contribution in [2.75, 3.05) is 5.73 Å². The lowest BCUT2D eigenvalue weighted by Gasteiger charge is -2.25. The predicted octanol–water partition coefficient (Wildman–Crippen LogP) is 3.57. The maximum Gasteiger partial charge on any atom is 0.146 e. The largest absolute Gasteiger partial charge is 0.398 e. The number of imidazole rings is 1. The Morgan fingerprint density at radius 1 is 1.19 bits per heavy atom. The summed E-state index contributed by atoms with van der Waals surface area (Å²) >= 11 is 0. The molecule has 0 saturated carbocycles. The lowest BCUT2D eigenvalue weighted by molar-refractivity contribution is 0.412. The number of nitrogen functional groups attached to an aromatic ring is 1. The topological polar surface area (TPSA) is 56.7 Å². The molecule has 0 unspecified atom stereocenters. The molecule has 2 N–H and O–H groups in total. The van der Waals surface area contributed by atoms with Gasteiger partial charge in [0, 0.05) is 17.4 Å². The van der Waals surface area contributed by atoms with Crippen molar-refractivity contribution in [3.63, 3.8) is 0 Å². The minimum absolute atomic E-state index is 0.264. The molecule has 0 aliphatic carbocycles. The van der Waals surface area contributed by atoms with E-state index in [2.05, 4.69) is 30.7 Å². The van der Waals surface area contributed by atoms with Crippen molar-refractivity contribution in [2.24, 2.45) is 0 Å². The van der Waals surface area contributed by atoms with Crippen LogP contribution in [0.25, 0.3) is 22.4 Å². The predicted molar refractivity (Wildman–Crippen MR) is 82.3 cm³/mol. The van der Waals surface area contributed by atoms with E-state index in [0.717, 1.165) is 11.0 Å². The van der Waals surface area contributed by atoms with E-state index in [1.165, 1.54) is 6.07 Å². The first kappa shape index (κ1) is 13.5. The zero-order chi connectivity index (χ0) is 15.2. The van der Waals surface area contributed by atoms with Crippen molar-refractivity contribution in [3.05, 3.63) is 42.5 Å². The van der Waals surface area contributed by atoms with Crippen LogP contribution in [0, 0.1) is 5.82 Å². The van der Waals surface area contributed by atoms with Gasteiger partial charge in [-0.05, 0) is 39.0 Å². The molecule has 4 nitrogen and oxygen atoms in total. The van der Waals surface area contributed by atoms with E-state index in [1.54, 1.807) is 24.5 Å². The molecule has 108 valence electrons. The summed E-state index contributed by atoms with van der Waals surface area (Å²) in [6.07, 6.45) is 3.39. The molecule has 2 heterocycles. The van der Waals surface area contributed by atoms with Crippen LogP contribution in [-0.2, 0) is 5.54 Å². The number of nitrogens with two attached hydrogens (primary N) is 1. The lowest BCUT2D eigenvalue weighted by atomic mass is 10.1. The number of anilines is 1. The summed E-state index contributed by atoms with van der Waals surface area (Å²) in [5.74, 6) is 0.157. The molecule has 3 aromatic rings. The number of halogens is 1. The minimum atomic E-state index is -0.372. The SMILES string of the molecule is CC(C)(C)n1c(-c2c(N)cccc2F)nc2cnccc21. The van der Waals surface area contributed by atoms with Crippen LogP contribution in [0.1, 0.15) is 20.8 Å². The second-order valence-corrected chi connectivity index (χ2v) is 6.01. The van der Waals surface area contributed by atoms with Crippen LogP contribution in [0.4, 0.5) is 10.1 Å². The van der Waals surface area contributed by atoms with Crippen LogP contribution in [0.3, 0.4) is 0 Å². The summed E-state index contributed by atoms with van der Waals surface area (Å²) in [7, 11) is 0. The van der Waals surface area contributed by atoms with Crippen molar-refractivity contribution in [1.29, 1.82) is 0 Å². The Balaban J connectivity index is 2.43. The third kappa shape index (κ3) is 2.14.